The predicted octanol–water partition coefficient (Wildman–Crippen LogP) is 1.31. The first kappa shape index (κ1) is 15.3. The number of urea groups is 1. The summed E-state index contributed by atoms with van der Waals surface area (Å²) in [4.78, 5) is 31.2. The van der Waals surface area contributed by atoms with Crippen LogP contribution in [0.5, 0.6) is 0 Å². The maximum absolute atomic E-state index is 11.9. The Labute approximate surface area is 134 Å². The van der Waals surface area contributed by atoms with Crippen molar-refractivity contribution in [1.29, 1.82) is 0 Å². The quantitative estimate of drug-likeness (QED) is 0.829. The van der Waals surface area contributed by atoms with E-state index in [1.165, 1.54) is 4.88 Å². The fraction of sp³-hybridized carbons (Fsp3) is 0.667. The standard InChI is InChI=1S/C15H22N4O2S/c1-2-12-8-17-13(22-12)5-6-16-15(21)18-10-7-14(20)19(9-10)11-3-4-11/h8,10-11H,2-7,9H2,1H3,(H2,16,18,21)/t10-/m1/s1. The van der Waals surface area contributed by atoms with Gasteiger partial charge >= 0.3 is 6.03 Å². The monoisotopic (exact) mass is 322 g/mol. The van der Waals surface area contributed by atoms with E-state index in [-0.39, 0.29) is 18.0 Å². The van der Waals surface area contributed by atoms with Crippen LogP contribution < -0.4 is 10.6 Å². The zero-order valence-corrected chi connectivity index (χ0v) is 13.6. The lowest BCUT2D eigenvalue weighted by Crippen LogP contribution is -2.44. The van der Waals surface area contributed by atoms with Crippen LogP contribution in [0, 0.1) is 0 Å². The van der Waals surface area contributed by atoms with E-state index < -0.39 is 0 Å². The number of nitrogens with zero attached hydrogens (tertiary/aromatic N) is 2. The number of thiazole rings is 1. The van der Waals surface area contributed by atoms with Gasteiger partial charge in [0.05, 0.1) is 11.0 Å². The van der Waals surface area contributed by atoms with Gasteiger partial charge in [-0.1, -0.05) is 6.92 Å². The molecule has 0 bridgehead atoms. The Balaban J connectivity index is 1.36. The molecule has 6 nitrogen and oxygen atoms in total. The third kappa shape index (κ3) is 3.76. The lowest BCUT2D eigenvalue weighted by atomic mass is 10.2. The van der Waals surface area contributed by atoms with Crippen molar-refractivity contribution >= 4 is 23.3 Å². The topological polar surface area (TPSA) is 74.3 Å². The van der Waals surface area contributed by atoms with Gasteiger partial charge in [-0.15, -0.1) is 11.3 Å². The van der Waals surface area contributed by atoms with E-state index in [1.54, 1.807) is 11.3 Å². The Morgan fingerprint density at radius 1 is 1.50 bits per heavy atom. The van der Waals surface area contributed by atoms with Gasteiger partial charge in [0.15, 0.2) is 0 Å². The van der Waals surface area contributed by atoms with E-state index >= 15 is 0 Å². The molecule has 1 saturated heterocycles. The summed E-state index contributed by atoms with van der Waals surface area (Å²) in [6.07, 6.45) is 6.29. The molecule has 1 atom stereocenters. The molecule has 0 radical (unpaired) electrons. The predicted molar refractivity (Wildman–Crippen MR) is 84.9 cm³/mol. The molecule has 1 saturated carbocycles. The minimum absolute atomic E-state index is 0.0559. The second-order valence-corrected chi connectivity index (χ2v) is 7.10. The number of carbonyl (C=O) groups is 2. The summed E-state index contributed by atoms with van der Waals surface area (Å²) >= 11 is 1.69. The highest BCUT2D eigenvalue weighted by molar-refractivity contribution is 7.11. The Morgan fingerprint density at radius 3 is 3.00 bits per heavy atom. The molecule has 1 aliphatic heterocycles. The third-order valence-corrected chi connectivity index (χ3v) is 5.26. The summed E-state index contributed by atoms with van der Waals surface area (Å²) in [5.74, 6) is 0.169. The molecule has 22 heavy (non-hydrogen) atoms. The average molecular weight is 322 g/mol. The SMILES string of the molecule is CCc1cnc(CCNC(=O)N[C@@H]2CC(=O)N(C3CC3)C2)s1. The zero-order chi connectivity index (χ0) is 15.5. The molecule has 0 spiro atoms. The van der Waals surface area contributed by atoms with E-state index in [9.17, 15) is 9.59 Å². The normalized spacial score (nSPS) is 21.2. The van der Waals surface area contributed by atoms with Gasteiger partial charge in [-0.3, -0.25) is 4.79 Å². The van der Waals surface area contributed by atoms with Gasteiger partial charge in [-0.25, -0.2) is 9.78 Å². The molecular weight excluding hydrogens is 300 g/mol. The van der Waals surface area contributed by atoms with Crippen molar-refractivity contribution in [3.8, 4) is 0 Å². The molecular formula is C15H22N4O2S. The molecule has 1 aromatic rings. The van der Waals surface area contributed by atoms with Crippen LogP contribution in [0.1, 0.15) is 36.1 Å². The van der Waals surface area contributed by atoms with Crippen LogP contribution in [0.15, 0.2) is 6.20 Å². The maximum Gasteiger partial charge on any atom is 0.315 e. The molecule has 3 amide bonds. The van der Waals surface area contributed by atoms with Crippen LogP contribution in [0.4, 0.5) is 4.79 Å². The van der Waals surface area contributed by atoms with Gasteiger partial charge in [0.1, 0.15) is 0 Å². The highest BCUT2D eigenvalue weighted by Gasteiger charge is 2.39. The van der Waals surface area contributed by atoms with Crippen molar-refractivity contribution in [3.05, 3.63) is 16.1 Å². The van der Waals surface area contributed by atoms with Gasteiger partial charge in [-0.2, -0.15) is 0 Å². The average Bonchev–Trinajstić information content (AvgIpc) is 3.12. The largest absolute Gasteiger partial charge is 0.338 e. The van der Waals surface area contributed by atoms with E-state index in [0.717, 1.165) is 30.7 Å². The number of hydrogen-bond donors (Lipinski definition) is 2. The first-order valence-electron chi connectivity index (χ1n) is 7.93. The van der Waals surface area contributed by atoms with E-state index in [1.807, 2.05) is 11.1 Å². The van der Waals surface area contributed by atoms with E-state index in [2.05, 4.69) is 22.5 Å². The summed E-state index contributed by atoms with van der Waals surface area (Å²) in [5.41, 5.74) is 0. The number of nitrogens with one attached hydrogen (secondary N) is 2. The zero-order valence-electron chi connectivity index (χ0n) is 12.8. The van der Waals surface area contributed by atoms with Crippen LogP contribution in [-0.4, -0.2) is 47.0 Å². The molecule has 2 N–H and O–H groups in total. The Hall–Kier alpha value is -1.63. The molecule has 3 rings (SSSR count). The Bertz CT molecular complexity index is 555. The number of amides is 3. The lowest BCUT2D eigenvalue weighted by Gasteiger charge is -2.16. The molecule has 2 aliphatic rings. The minimum atomic E-state index is -0.192. The van der Waals surface area contributed by atoms with Gasteiger partial charge in [0, 0.05) is 43.0 Å². The number of aryl methyl sites for hydroxylation is 1. The maximum atomic E-state index is 11.9. The fourth-order valence-electron chi connectivity index (χ4n) is 2.71. The van der Waals surface area contributed by atoms with Gasteiger partial charge in [0.25, 0.3) is 0 Å². The van der Waals surface area contributed by atoms with Crippen LogP contribution in [-0.2, 0) is 17.6 Å². The Kier molecular flexibility index (Phi) is 4.61. The van der Waals surface area contributed by atoms with E-state index in [4.69, 9.17) is 0 Å². The summed E-state index contributed by atoms with van der Waals surface area (Å²) in [6.45, 7) is 3.33. The third-order valence-electron chi connectivity index (χ3n) is 4.06. The molecule has 0 unspecified atom stereocenters. The second-order valence-electron chi connectivity index (χ2n) is 5.90. The number of likely N-dealkylation sites (tertiary alicyclic amines) is 1. The number of carbonyl (C=O) groups excluding carboxylic acids is 2. The first-order valence-corrected chi connectivity index (χ1v) is 8.74. The van der Waals surface area contributed by atoms with E-state index in [0.29, 0.717) is 25.6 Å². The van der Waals surface area contributed by atoms with Crippen molar-refractivity contribution < 1.29 is 9.59 Å². The first-order chi connectivity index (χ1) is 10.7. The minimum Gasteiger partial charge on any atom is -0.338 e. The molecule has 1 aliphatic carbocycles. The fourth-order valence-corrected chi connectivity index (χ4v) is 3.58. The highest BCUT2D eigenvalue weighted by atomic mass is 32.1. The molecule has 2 heterocycles. The molecule has 1 aromatic heterocycles. The molecule has 2 fully saturated rings. The van der Waals surface area contributed by atoms with Crippen molar-refractivity contribution in [2.75, 3.05) is 13.1 Å². The van der Waals surface area contributed by atoms with Crippen LogP contribution in [0.25, 0.3) is 0 Å². The van der Waals surface area contributed by atoms with Crippen molar-refractivity contribution in [2.45, 2.75) is 51.1 Å². The smallest absolute Gasteiger partial charge is 0.315 e. The number of hydrogen-bond acceptors (Lipinski definition) is 4. The van der Waals surface area contributed by atoms with Gasteiger partial charge < -0.3 is 15.5 Å². The summed E-state index contributed by atoms with van der Waals surface area (Å²) in [5, 5.41) is 6.79. The Morgan fingerprint density at radius 2 is 2.32 bits per heavy atom. The lowest BCUT2D eigenvalue weighted by molar-refractivity contribution is -0.128. The molecule has 0 aromatic carbocycles. The van der Waals surface area contributed by atoms with Crippen molar-refractivity contribution in [2.24, 2.45) is 0 Å². The van der Waals surface area contributed by atoms with Gasteiger partial charge in [-0.05, 0) is 19.3 Å². The van der Waals surface area contributed by atoms with Gasteiger partial charge in [0.2, 0.25) is 5.91 Å². The summed E-state index contributed by atoms with van der Waals surface area (Å²) in [6, 6.07) is 0.183. The van der Waals surface area contributed by atoms with Crippen molar-refractivity contribution in [3.63, 3.8) is 0 Å². The number of rotatable bonds is 6. The highest BCUT2D eigenvalue weighted by Crippen LogP contribution is 2.30. The summed E-state index contributed by atoms with van der Waals surface area (Å²) in [7, 11) is 0. The van der Waals surface area contributed by atoms with Crippen LogP contribution in [0.3, 0.4) is 0 Å². The van der Waals surface area contributed by atoms with Crippen molar-refractivity contribution in [1.82, 2.24) is 20.5 Å². The summed E-state index contributed by atoms with van der Waals surface area (Å²) < 4.78 is 0. The molecule has 7 heteroatoms. The van der Waals surface area contributed by atoms with Crippen LogP contribution >= 0.6 is 11.3 Å². The van der Waals surface area contributed by atoms with Crippen LogP contribution in [0.2, 0.25) is 0 Å². The molecule has 120 valence electrons. The second kappa shape index (κ2) is 6.64. The number of aromatic nitrogens is 1.